The highest BCUT2D eigenvalue weighted by atomic mass is 32.2. The summed E-state index contributed by atoms with van der Waals surface area (Å²) < 4.78 is 0. The average Bonchev–Trinajstić information content (AvgIpc) is 2.73. The van der Waals surface area contributed by atoms with Crippen LogP contribution in [0.2, 0.25) is 0 Å². The number of hydrogen-bond acceptors (Lipinski definition) is 3. The van der Waals surface area contributed by atoms with Gasteiger partial charge in [0.05, 0.1) is 5.75 Å². The molecule has 0 aliphatic rings. The zero-order valence-electron chi connectivity index (χ0n) is 18.8. The molecule has 2 amide bonds. The molecule has 0 aromatic heterocycles. The number of benzene rings is 2. The van der Waals surface area contributed by atoms with Gasteiger partial charge in [-0.15, -0.1) is 11.8 Å². The summed E-state index contributed by atoms with van der Waals surface area (Å²) in [5.41, 5.74) is 4.62. The molecule has 0 unspecified atom stereocenters. The molecule has 4 nitrogen and oxygen atoms in total. The summed E-state index contributed by atoms with van der Waals surface area (Å²) in [6.07, 6.45) is 0.858. The Kier molecular flexibility index (Phi) is 9.44. The van der Waals surface area contributed by atoms with Gasteiger partial charge in [0, 0.05) is 18.3 Å². The highest BCUT2D eigenvalue weighted by Crippen LogP contribution is 2.18. The van der Waals surface area contributed by atoms with E-state index in [1.807, 2.05) is 52.0 Å². The monoisotopic (exact) mass is 426 g/mol. The first kappa shape index (κ1) is 24.0. The molecule has 5 heteroatoms. The zero-order valence-corrected chi connectivity index (χ0v) is 19.6. The lowest BCUT2D eigenvalue weighted by Gasteiger charge is -2.30. The number of amides is 2. The van der Waals surface area contributed by atoms with Crippen LogP contribution in [0.5, 0.6) is 0 Å². The number of rotatable bonds is 10. The molecule has 0 aliphatic carbocycles. The lowest BCUT2D eigenvalue weighted by Crippen LogP contribution is -2.50. The second-order valence-corrected chi connectivity index (χ2v) is 8.91. The minimum atomic E-state index is -0.522. The number of hydrogen-bond donors (Lipinski definition) is 1. The van der Waals surface area contributed by atoms with E-state index in [9.17, 15) is 9.59 Å². The molecule has 2 aromatic carbocycles. The van der Waals surface area contributed by atoms with Crippen molar-refractivity contribution in [2.24, 2.45) is 0 Å². The van der Waals surface area contributed by atoms with Crippen LogP contribution in [0.15, 0.2) is 48.5 Å². The van der Waals surface area contributed by atoms with Crippen LogP contribution in [0.4, 0.5) is 0 Å². The van der Waals surface area contributed by atoms with E-state index in [4.69, 9.17) is 0 Å². The maximum absolute atomic E-state index is 13.1. The number of carbonyl (C=O) groups is 2. The maximum atomic E-state index is 13.1. The number of nitrogens with zero attached hydrogens (tertiary/aromatic N) is 1. The summed E-state index contributed by atoms with van der Waals surface area (Å²) in [6.45, 7) is 10.4. The van der Waals surface area contributed by atoms with Crippen LogP contribution >= 0.6 is 11.8 Å². The van der Waals surface area contributed by atoms with Gasteiger partial charge in [-0.25, -0.2) is 0 Å². The molecular formula is C25H34N2O2S. The summed E-state index contributed by atoms with van der Waals surface area (Å²) in [5, 5.41) is 3.01. The Labute approximate surface area is 185 Å². The third kappa shape index (κ3) is 7.21. The minimum absolute atomic E-state index is 0.0119. The van der Waals surface area contributed by atoms with Crippen molar-refractivity contribution in [1.82, 2.24) is 10.2 Å². The van der Waals surface area contributed by atoms with Crippen LogP contribution < -0.4 is 5.32 Å². The largest absolute Gasteiger partial charge is 0.352 e. The van der Waals surface area contributed by atoms with E-state index in [1.165, 1.54) is 11.1 Å². The van der Waals surface area contributed by atoms with E-state index in [2.05, 4.69) is 36.5 Å². The van der Waals surface area contributed by atoms with Crippen LogP contribution in [0, 0.1) is 13.8 Å². The molecule has 0 fully saturated rings. The second-order valence-electron chi connectivity index (χ2n) is 7.92. The van der Waals surface area contributed by atoms with Gasteiger partial charge in [0.2, 0.25) is 11.8 Å². The van der Waals surface area contributed by atoms with Gasteiger partial charge in [-0.3, -0.25) is 9.59 Å². The first-order valence-electron chi connectivity index (χ1n) is 10.6. The number of nitrogens with one attached hydrogen (secondary N) is 1. The Morgan fingerprint density at radius 3 is 2.33 bits per heavy atom. The Morgan fingerprint density at radius 2 is 1.70 bits per heavy atom. The Bertz CT molecular complexity index is 835. The molecule has 0 saturated carbocycles. The summed E-state index contributed by atoms with van der Waals surface area (Å²) >= 11 is 1.59. The number of carbonyl (C=O) groups excluding carboxylic acids is 2. The van der Waals surface area contributed by atoms with Crippen LogP contribution in [0.1, 0.15) is 49.4 Å². The minimum Gasteiger partial charge on any atom is -0.352 e. The maximum Gasteiger partial charge on any atom is 0.242 e. The molecule has 30 heavy (non-hydrogen) atoms. The van der Waals surface area contributed by atoms with Crippen molar-refractivity contribution in [3.05, 3.63) is 70.8 Å². The van der Waals surface area contributed by atoms with Gasteiger partial charge in [-0.2, -0.15) is 0 Å². The van der Waals surface area contributed by atoms with Crippen LogP contribution in [0.25, 0.3) is 0 Å². The molecular weight excluding hydrogens is 392 g/mol. The predicted molar refractivity (Wildman–Crippen MR) is 126 cm³/mol. The SMILES string of the molecule is CC[C@@H](C)NC(=O)[C@H](C)N(Cc1ccccc1C)C(=O)CSCc1ccc(C)cc1. The fourth-order valence-corrected chi connectivity index (χ4v) is 3.91. The smallest absolute Gasteiger partial charge is 0.242 e. The molecule has 2 atom stereocenters. The summed E-state index contributed by atoms with van der Waals surface area (Å²) in [4.78, 5) is 27.6. The lowest BCUT2D eigenvalue weighted by atomic mass is 10.1. The average molecular weight is 427 g/mol. The molecule has 0 heterocycles. The van der Waals surface area contributed by atoms with Crippen molar-refractivity contribution in [3.63, 3.8) is 0 Å². The van der Waals surface area contributed by atoms with E-state index in [1.54, 1.807) is 16.7 Å². The number of aryl methyl sites for hydroxylation is 2. The molecule has 0 radical (unpaired) electrons. The predicted octanol–water partition coefficient (Wildman–Crippen LogP) is 4.87. The van der Waals surface area contributed by atoms with E-state index in [0.29, 0.717) is 12.3 Å². The van der Waals surface area contributed by atoms with Crippen molar-refractivity contribution in [2.45, 2.75) is 65.4 Å². The van der Waals surface area contributed by atoms with E-state index < -0.39 is 6.04 Å². The quantitative estimate of drug-likeness (QED) is 0.590. The van der Waals surface area contributed by atoms with Crippen molar-refractivity contribution in [2.75, 3.05) is 5.75 Å². The van der Waals surface area contributed by atoms with Crippen molar-refractivity contribution < 1.29 is 9.59 Å². The third-order valence-corrected chi connectivity index (χ3v) is 6.37. The Balaban J connectivity index is 2.08. The standard InChI is InChI=1S/C25H34N2O2S/c1-6-20(4)26-25(29)21(5)27(15-23-10-8-7-9-19(23)3)24(28)17-30-16-22-13-11-18(2)12-14-22/h7-14,20-21H,6,15-17H2,1-5H3,(H,26,29)/t20-,21+/m1/s1. The molecule has 2 rings (SSSR count). The van der Waals surface area contributed by atoms with E-state index in [0.717, 1.165) is 23.3 Å². The molecule has 0 spiro atoms. The van der Waals surface area contributed by atoms with Crippen molar-refractivity contribution >= 4 is 23.6 Å². The highest BCUT2D eigenvalue weighted by molar-refractivity contribution is 7.99. The molecule has 0 aliphatic heterocycles. The van der Waals surface area contributed by atoms with Gasteiger partial charge < -0.3 is 10.2 Å². The van der Waals surface area contributed by atoms with Gasteiger partial charge in [-0.05, 0) is 50.8 Å². The number of thioether (sulfide) groups is 1. The van der Waals surface area contributed by atoms with Crippen molar-refractivity contribution in [3.8, 4) is 0 Å². The summed E-state index contributed by atoms with van der Waals surface area (Å²) in [6, 6.07) is 16.0. The second kappa shape index (κ2) is 11.8. The van der Waals surface area contributed by atoms with E-state index >= 15 is 0 Å². The third-order valence-electron chi connectivity index (χ3n) is 5.39. The molecule has 0 saturated heterocycles. The summed E-state index contributed by atoms with van der Waals surface area (Å²) in [5.74, 6) is 1.01. The zero-order chi connectivity index (χ0) is 22.1. The lowest BCUT2D eigenvalue weighted by molar-refractivity contribution is -0.138. The van der Waals surface area contributed by atoms with Gasteiger partial charge >= 0.3 is 0 Å². The molecule has 0 bridgehead atoms. The fraction of sp³-hybridized carbons (Fsp3) is 0.440. The van der Waals surface area contributed by atoms with Gasteiger partial charge in [0.25, 0.3) is 0 Å². The Morgan fingerprint density at radius 1 is 1.03 bits per heavy atom. The normalized spacial score (nSPS) is 12.8. The first-order chi connectivity index (χ1) is 14.3. The van der Waals surface area contributed by atoms with Crippen LogP contribution in [-0.2, 0) is 21.9 Å². The molecule has 1 N–H and O–H groups in total. The Hall–Kier alpha value is -2.27. The fourth-order valence-electron chi connectivity index (χ4n) is 3.04. The van der Waals surface area contributed by atoms with E-state index in [-0.39, 0.29) is 17.9 Å². The highest BCUT2D eigenvalue weighted by Gasteiger charge is 2.27. The van der Waals surface area contributed by atoms with Gasteiger partial charge in [0.15, 0.2) is 0 Å². The van der Waals surface area contributed by atoms with Gasteiger partial charge in [-0.1, -0.05) is 61.0 Å². The van der Waals surface area contributed by atoms with Crippen LogP contribution in [-0.4, -0.2) is 34.6 Å². The van der Waals surface area contributed by atoms with Gasteiger partial charge in [0.1, 0.15) is 6.04 Å². The molecule has 2 aromatic rings. The molecule has 162 valence electrons. The summed E-state index contributed by atoms with van der Waals surface area (Å²) in [7, 11) is 0. The van der Waals surface area contributed by atoms with Crippen LogP contribution in [0.3, 0.4) is 0 Å². The first-order valence-corrected chi connectivity index (χ1v) is 11.7. The van der Waals surface area contributed by atoms with Crippen molar-refractivity contribution in [1.29, 1.82) is 0 Å². The topological polar surface area (TPSA) is 49.4 Å².